The third kappa shape index (κ3) is 5.03. The van der Waals surface area contributed by atoms with Gasteiger partial charge in [-0.05, 0) is 25.0 Å². The maximum atomic E-state index is 12.0. The van der Waals surface area contributed by atoms with E-state index < -0.39 is 5.91 Å². The molecule has 3 heterocycles. The number of rotatable bonds is 7. The Bertz CT molecular complexity index is 739. The molecule has 1 aliphatic heterocycles. The maximum absolute atomic E-state index is 12.0. The van der Waals surface area contributed by atoms with Gasteiger partial charge in [0.2, 0.25) is 11.0 Å². The van der Waals surface area contributed by atoms with E-state index in [0.29, 0.717) is 21.7 Å². The first-order valence-corrected chi connectivity index (χ1v) is 9.69. The van der Waals surface area contributed by atoms with Crippen LogP contribution in [0, 0.1) is 0 Å². The van der Waals surface area contributed by atoms with E-state index in [4.69, 9.17) is 4.74 Å². The number of hydrogen-bond acceptors (Lipinski definition) is 8. The number of amides is 2. The smallest absolute Gasteiger partial charge is 0.274 e. The zero-order chi connectivity index (χ0) is 17.6. The van der Waals surface area contributed by atoms with Crippen molar-refractivity contribution in [1.29, 1.82) is 0 Å². The molecule has 25 heavy (non-hydrogen) atoms. The van der Waals surface area contributed by atoms with E-state index in [0.717, 1.165) is 19.4 Å². The lowest BCUT2D eigenvalue weighted by molar-refractivity contribution is -0.117. The molecule has 10 heteroatoms. The van der Waals surface area contributed by atoms with Crippen LogP contribution in [0.25, 0.3) is 0 Å². The monoisotopic (exact) mass is 381 g/mol. The summed E-state index contributed by atoms with van der Waals surface area (Å²) >= 11 is 2.64. The number of aryl methyl sites for hydroxylation is 1. The van der Waals surface area contributed by atoms with Gasteiger partial charge in [0, 0.05) is 26.4 Å². The van der Waals surface area contributed by atoms with E-state index in [1.807, 2.05) is 0 Å². The number of ether oxygens (including phenoxy) is 1. The van der Waals surface area contributed by atoms with E-state index in [9.17, 15) is 9.59 Å². The third-order valence-corrected chi connectivity index (χ3v) is 5.68. The van der Waals surface area contributed by atoms with Gasteiger partial charge in [0.15, 0.2) is 4.34 Å². The summed E-state index contributed by atoms with van der Waals surface area (Å²) in [5.74, 6) is -0.661. The van der Waals surface area contributed by atoms with Crippen molar-refractivity contribution >= 4 is 40.0 Å². The normalized spacial score (nSPS) is 16.8. The van der Waals surface area contributed by atoms with Crippen LogP contribution in [0.5, 0.6) is 0 Å². The van der Waals surface area contributed by atoms with Crippen molar-refractivity contribution < 1.29 is 14.3 Å². The molecular formula is C15H19N5O3S2. The lowest BCUT2D eigenvalue weighted by Crippen LogP contribution is -2.32. The molecule has 1 saturated heterocycles. The molecule has 1 aliphatic rings. The number of anilines is 1. The molecule has 2 amide bonds. The Morgan fingerprint density at radius 3 is 3.08 bits per heavy atom. The Labute approximate surface area is 153 Å². The predicted octanol–water partition coefficient (Wildman–Crippen LogP) is 1.52. The fraction of sp³-hybridized carbons (Fsp3) is 0.467. The Kier molecular flexibility index (Phi) is 6.05. The summed E-state index contributed by atoms with van der Waals surface area (Å²) in [6.45, 7) is 1.53. The van der Waals surface area contributed by atoms with Gasteiger partial charge < -0.3 is 14.6 Å². The zero-order valence-corrected chi connectivity index (χ0v) is 15.4. The third-order valence-electron chi connectivity index (χ3n) is 3.67. The molecule has 2 N–H and O–H groups in total. The number of imide groups is 1. The first-order valence-electron chi connectivity index (χ1n) is 7.89. The number of thioether (sulfide) groups is 1. The molecule has 134 valence electrons. The molecule has 2 aromatic rings. The van der Waals surface area contributed by atoms with Gasteiger partial charge in [0.05, 0.1) is 11.9 Å². The van der Waals surface area contributed by atoms with E-state index in [1.54, 1.807) is 29.9 Å². The number of nitrogens with zero attached hydrogens (tertiary/aromatic N) is 3. The van der Waals surface area contributed by atoms with Crippen LogP contribution in [0.1, 0.15) is 23.3 Å². The fourth-order valence-electron chi connectivity index (χ4n) is 2.40. The van der Waals surface area contributed by atoms with Crippen LogP contribution in [0.4, 0.5) is 5.13 Å². The fourth-order valence-corrected chi connectivity index (χ4v) is 3.96. The average Bonchev–Trinajstić information content (AvgIpc) is 3.33. The molecule has 0 unspecified atom stereocenters. The molecule has 0 radical (unpaired) electrons. The summed E-state index contributed by atoms with van der Waals surface area (Å²) in [6, 6.07) is 3.41. The molecule has 0 spiro atoms. The topological polar surface area (TPSA) is 98.1 Å². The van der Waals surface area contributed by atoms with Gasteiger partial charge in [-0.1, -0.05) is 23.1 Å². The molecule has 0 aliphatic carbocycles. The Hall–Kier alpha value is -1.91. The number of carbonyl (C=O) groups is 2. The van der Waals surface area contributed by atoms with Crippen LogP contribution in [0.15, 0.2) is 22.7 Å². The van der Waals surface area contributed by atoms with E-state index in [1.165, 1.54) is 23.1 Å². The molecule has 1 fully saturated rings. The highest BCUT2D eigenvalue weighted by molar-refractivity contribution is 8.01. The molecular weight excluding hydrogens is 362 g/mol. The minimum atomic E-state index is -0.408. The van der Waals surface area contributed by atoms with Gasteiger partial charge in [-0.2, -0.15) is 0 Å². The molecule has 8 nitrogen and oxygen atoms in total. The van der Waals surface area contributed by atoms with Crippen LogP contribution in [-0.2, 0) is 16.6 Å². The summed E-state index contributed by atoms with van der Waals surface area (Å²) < 4.78 is 7.87. The lowest BCUT2D eigenvalue weighted by atomic mass is 10.2. The Balaban J connectivity index is 1.41. The van der Waals surface area contributed by atoms with Gasteiger partial charge in [-0.3, -0.25) is 14.9 Å². The summed E-state index contributed by atoms with van der Waals surface area (Å²) in [5.41, 5.74) is 0.440. The minimum Gasteiger partial charge on any atom is -0.376 e. The summed E-state index contributed by atoms with van der Waals surface area (Å²) in [7, 11) is 1.75. The second kappa shape index (κ2) is 8.45. The van der Waals surface area contributed by atoms with Gasteiger partial charge in [0.25, 0.3) is 5.91 Å². The Morgan fingerprint density at radius 2 is 2.36 bits per heavy atom. The van der Waals surface area contributed by atoms with E-state index in [-0.39, 0.29) is 17.8 Å². The van der Waals surface area contributed by atoms with Crippen molar-refractivity contribution in [2.75, 3.05) is 24.2 Å². The molecule has 2 aromatic heterocycles. The number of hydrogen-bond donors (Lipinski definition) is 2. The van der Waals surface area contributed by atoms with Crippen LogP contribution in [0.2, 0.25) is 0 Å². The standard InChI is InChI=1S/C15H19N5O3S2/c1-20-6-2-5-11(20)13(22)17-12(21)9-24-15-19-18-14(25-15)16-8-10-4-3-7-23-10/h2,5-6,10H,3-4,7-9H2,1H3,(H,16,18)(H,17,21,22)/t10-/m1/s1. The van der Waals surface area contributed by atoms with Crippen LogP contribution in [0.3, 0.4) is 0 Å². The highest BCUT2D eigenvalue weighted by atomic mass is 32.2. The second-order valence-corrected chi connectivity index (χ2v) is 7.76. The predicted molar refractivity (Wildman–Crippen MR) is 96.0 cm³/mol. The van der Waals surface area contributed by atoms with Crippen molar-refractivity contribution in [2.45, 2.75) is 23.3 Å². The quantitative estimate of drug-likeness (QED) is 0.702. The SMILES string of the molecule is Cn1cccc1C(=O)NC(=O)CSc1nnc(NC[C@H]2CCCO2)s1. The van der Waals surface area contributed by atoms with Crippen molar-refractivity contribution in [2.24, 2.45) is 7.05 Å². The van der Waals surface area contributed by atoms with Crippen LogP contribution >= 0.6 is 23.1 Å². The number of nitrogens with one attached hydrogen (secondary N) is 2. The van der Waals surface area contributed by atoms with Gasteiger partial charge in [0.1, 0.15) is 5.69 Å². The van der Waals surface area contributed by atoms with Gasteiger partial charge in [-0.15, -0.1) is 10.2 Å². The summed E-state index contributed by atoms with van der Waals surface area (Å²) in [4.78, 5) is 23.9. The van der Waals surface area contributed by atoms with Crippen molar-refractivity contribution in [3.8, 4) is 0 Å². The lowest BCUT2D eigenvalue weighted by Gasteiger charge is -2.08. The van der Waals surface area contributed by atoms with Crippen molar-refractivity contribution in [3.05, 3.63) is 24.0 Å². The van der Waals surface area contributed by atoms with Crippen molar-refractivity contribution in [3.63, 3.8) is 0 Å². The van der Waals surface area contributed by atoms with E-state index >= 15 is 0 Å². The van der Waals surface area contributed by atoms with E-state index in [2.05, 4.69) is 20.8 Å². The number of carbonyl (C=O) groups excluding carboxylic acids is 2. The molecule has 0 aromatic carbocycles. The van der Waals surface area contributed by atoms with Crippen LogP contribution < -0.4 is 10.6 Å². The van der Waals surface area contributed by atoms with Gasteiger partial charge in [-0.25, -0.2) is 0 Å². The largest absolute Gasteiger partial charge is 0.376 e. The number of aromatic nitrogens is 3. The Morgan fingerprint density at radius 1 is 1.48 bits per heavy atom. The highest BCUT2D eigenvalue weighted by Gasteiger charge is 2.17. The first-order chi connectivity index (χ1) is 12.1. The van der Waals surface area contributed by atoms with Crippen LogP contribution in [-0.4, -0.2) is 51.6 Å². The molecule has 0 saturated carbocycles. The highest BCUT2D eigenvalue weighted by Crippen LogP contribution is 2.25. The maximum Gasteiger partial charge on any atom is 0.274 e. The second-order valence-electron chi connectivity index (χ2n) is 5.56. The first kappa shape index (κ1) is 17.9. The average molecular weight is 381 g/mol. The minimum absolute atomic E-state index is 0.108. The summed E-state index contributed by atoms with van der Waals surface area (Å²) in [5, 5.41) is 14.4. The molecule has 3 rings (SSSR count). The molecule has 0 bridgehead atoms. The molecule has 1 atom stereocenters. The summed E-state index contributed by atoms with van der Waals surface area (Å²) in [6.07, 6.45) is 4.14. The van der Waals surface area contributed by atoms with Crippen molar-refractivity contribution in [1.82, 2.24) is 20.1 Å². The zero-order valence-electron chi connectivity index (χ0n) is 13.7. The van der Waals surface area contributed by atoms with Gasteiger partial charge >= 0.3 is 0 Å².